The van der Waals surface area contributed by atoms with Crippen LogP contribution < -0.4 is 14.8 Å². The van der Waals surface area contributed by atoms with Crippen molar-refractivity contribution in [2.45, 2.75) is 19.9 Å². The minimum Gasteiger partial charge on any atom is -0.497 e. The third-order valence-corrected chi connectivity index (χ3v) is 3.83. The van der Waals surface area contributed by atoms with Gasteiger partial charge in [0.15, 0.2) is 0 Å². The van der Waals surface area contributed by atoms with Crippen LogP contribution in [0.25, 0.3) is 0 Å². The van der Waals surface area contributed by atoms with Crippen LogP contribution in [0.1, 0.15) is 28.3 Å². The van der Waals surface area contributed by atoms with E-state index in [9.17, 15) is 0 Å². The topological polar surface area (TPSA) is 30.5 Å². The smallest absolute Gasteiger partial charge is 0.122 e. The fourth-order valence-electron chi connectivity index (χ4n) is 2.64. The summed E-state index contributed by atoms with van der Waals surface area (Å²) in [4.78, 5) is 0. The largest absolute Gasteiger partial charge is 0.497 e. The summed E-state index contributed by atoms with van der Waals surface area (Å²) in [5, 5.41) is 3.40. The van der Waals surface area contributed by atoms with Crippen molar-refractivity contribution in [3.05, 3.63) is 58.7 Å². The van der Waals surface area contributed by atoms with Gasteiger partial charge in [-0.15, -0.1) is 0 Å². The fourth-order valence-corrected chi connectivity index (χ4v) is 2.64. The van der Waals surface area contributed by atoms with Crippen molar-refractivity contribution in [1.29, 1.82) is 0 Å². The van der Waals surface area contributed by atoms with Gasteiger partial charge in [0.2, 0.25) is 0 Å². The maximum atomic E-state index is 5.39. The summed E-state index contributed by atoms with van der Waals surface area (Å²) in [6.45, 7) is 4.19. The van der Waals surface area contributed by atoms with Crippen molar-refractivity contribution < 1.29 is 9.47 Å². The van der Waals surface area contributed by atoms with Crippen LogP contribution in [0.5, 0.6) is 11.5 Å². The second-order valence-electron chi connectivity index (χ2n) is 5.17. The molecule has 112 valence electrons. The van der Waals surface area contributed by atoms with E-state index in [1.54, 1.807) is 14.2 Å². The van der Waals surface area contributed by atoms with Crippen molar-refractivity contribution in [2.24, 2.45) is 0 Å². The van der Waals surface area contributed by atoms with Crippen LogP contribution in [0.2, 0.25) is 0 Å². The first-order chi connectivity index (χ1) is 10.1. The van der Waals surface area contributed by atoms with Gasteiger partial charge in [-0.2, -0.15) is 0 Å². The molecule has 0 saturated carbocycles. The Labute approximate surface area is 126 Å². The van der Waals surface area contributed by atoms with E-state index >= 15 is 0 Å². The van der Waals surface area contributed by atoms with E-state index in [4.69, 9.17) is 9.47 Å². The monoisotopic (exact) mass is 285 g/mol. The molecule has 0 amide bonds. The molecule has 3 nitrogen and oxygen atoms in total. The van der Waals surface area contributed by atoms with Crippen molar-refractivity contribution in [3.63, 3.8) is 0 Å². The van der Waals surface area contributed by atoms with Gasteiger partial charge in [0.25, 0.3) is 0 Å². The Balaban J connectivity index is 2.43. The first-order valence-corrected chi connectivity index (χ1v) is 7.07. The minimum absolute atomic E-state index is 0.153. The van der Waals surface area contributed by atoms with E-state index in [0.29, 0.717) is 0 Å². The second kappa shape index (κ2) is 6.64. The lowest BCUT2D eigenvalue weighted by molar-refractivity contribution is 0.411. The second-order valence-corrected chi connectivity index (χ2v) is 5.17. The highest BCUT2D eigenvalue weighted by Crippen LogP contribution is 2.30. The molecule has 3 heteroatoms. The number of aryl methyl sites for hydroxylation is 2. The van der Waals surface area contributed by atoms with E-state index in [2.05, 4.69) is 43.4 Å². The average Bonchev–Trinajstić information content (AvgIpc) is 2.51. The molecule has 0 heterocycles. The van der Waals surface area contributed by atoms with E-state index < -0.39 is 0 Å². The van der Waals surface area contributed by atoms with E-state index in [-0.39, 0.29) is 6.04 Å². The normalized spacial score (nSPS) is 12.0. The molecule has 0 aliphatic carbocycles. The van der Waals surface area contributed by atoms with Crippen LogP contribution in [0, 0.1) is 13.8 Å². The van der Waals surface area contributed by atoms with Crippen LogP contribution in [0.3, 0.4) is 0 Å². The van der Waals surface area contributed by atoms with Crippen LogP contribution in [-0.2, 0) is 0 Å². The first kappa shape index (κ1) is 15.4. The van der Waals surface area contributed by atoms with E-state index in [1.807, 2.05) is 19.2 Å². The van der Waals surface area contributed by atoms with Gasteiger partial charge in [-0.05, 0) is 61.3 Å². The Hall–Kier alpha value is -2.00. The molecular formula is C18H23NO2. The van der Waals surface area contributed by atoms with Crippen LogP contribution in [0.4, 0.5) is 0 Å². The number of nitrogens with one attached hydrogen (secondary N) is 1. The highest BCUT2D eigenvalue weighted by molar-refractivity contribution is 5.46. The quantitative estimate of drug-likeness (QED) is 0.910. The zero-order chi connectivity index (χ0) is 15.4. The standard InChI is InChI=1S/C18H23NO2/c1-12-11-17(21-5)13(2)10-16(12)18(19-3)14-6-8-15(20-4)9-7-14/h6-11,18-19H,1-5H3. The highest BCUT2D eigenvalue weighted by Gasteiger charge is 2.16. The number of hydrogen-bond donors (Lipinski definition) is 1. The zero-order valence-corrected chi connectivity index (χ0v) is 13.4. The van der Waals surface area contributed by atoms with Gasteiger partial charge >= 0.3 is 0 Å². The minimum atomic E-state index is 0.153. The van der Waals surface area contributed by atoms with Crippen molar-refractivity contribution in [1.82, 2.24) is 5.32 Å². The van der Waals surface area contributed by atoms with E-state index in [0.717, 1.165) is 17.1 Å². The van der Waals surface area contributed by atoms with Gasteiger partial charge in [-0.3, -0.25) is 0 Å². The van der Waals surface area contributed by atoms with E-state index in [1.165, 1.54) is 16.7 Å². The lowest BCUT2D eigenvalue weighted by atomic mass is 9.93. The van der Waals surface area contributed by atoms with Crippen LogP contribution in [-0.4, -0.2) is 21.3 Å². The van der Waals surface area contributed by atoms with Gasteiger partial charge in [-0.25, -0.2) is 0 Å². The molecule has 1 N–H and O–H groups in total. The Morgan fingerprint density at radius 3 is 2.10 bits per heavy atom. The predicted octanol–water partition coefficient (Wildman–Crippen LogP) is 3.63. The molecule has 2 aromatic carbocycles. The Kier molecular flexibility index (Phi) is 4.86. The molecule has 0 aromatic heterocycles. The van der Waals surface area contributed by atoms with Crippen LogP contribution >= 0.6 is 0 Å². The molecule has 2 aromatic rings. The molecule has 0 aliphatic heterocycles. The maximum absolute atomic E-state index is 5.39. The molecule has 1 unspecified atom stereocenters. The molecule has 21 heavy (non-hydrogen) atoms. The molecule has 2 rings (SSSR count). The number of benzene rings is 2. The van der Waals surface area contributed by atoms with Crippen LogP contribution in [0.15, 0.2) is 36.4 Å². The van der Waals surface area contributed by atoms with Crippen molar-refractivity contribution >= 4 is 0 Å². The first-order valence-electron chi connectivity index (χ1n) is 7.07. The molecular weight excluding hydrogens is 262 g/mol. The molecule has 0 bridgehead atoms. The maximum Gasteiger partial charge on any atom is 0.122 e. The Bertz CT molecular complexity index is 605. The molecule has 0 fully saturated rings. The van der Waals surface area contributed by atoms with Gasteiger partial charge in [0.05, 0.1) is 20.3 Å². The summed E-state index contributed by atoms with van der Waals surface area (Å²) in [5.74, 6) is 1.80. The summed E-state index contributed by atoms with van der Waals surface area (Å²) < 4.78 is 10.6. The number of ether oxygens (including phenoxy) is 2. The number of methoxy groups -OCH3 is 2. The Morgan fingerprint density at radius 1 is 0.905 bits per heavy atom. The molecule has 0 aliphatic rings. The highest BCUT2D eigenvalue weighted by atomic mass is 16.5. The molecule has 0 radical (unpaired) electrons. The van der Waals surface area contributed by atoms with Gasteiger partial charge < -0.3 is 14.8 Å². The number of hydrogen-bond acceptors (Lipinski definition) is 3. The average molecular weight is 285 g/mol. The number of rotatable bonds is 5. The lowest BCUT2D eigenvalue weighted by Crippen LogP contribution is -2.19. The summed E-state index contributed by atoms with van der Waals surface area (Å²) in [5.41, 5.74) is 4.84. The predicted molar refractivity (Wildman–Crippen MR) is 86.4 cm³/mol. The lowest BCUT2D eigenvalue weighted by Gasteiger charge is -2.21. The van der Waals surface area contributed by atoms with Crippen molar-refractivity contribution in [2.75, 3.05) is 21.3 Å². The molecule has 1 atom stereocenters. The Morgan fingerprint density at radius 2 is 1.57 bits per heavy atom. The zero-order valence-electron chi connectivity index (χ0n) is 13.4. The van der Waals surface area contributed by atoms with Crippen molar-refractivity contribution in [3.8, 4) is 11.5 Å². The third kappa shape index (κ3) is 3.19. The SMILES string of the molecule is CNC(c1ccc(OC)cc1)c1cc(C)c(OC)cc1C. The van der Waals surface area contributed by atoms with Gasteiger partial charge in [-0.1, -0.05) is 18.2 Å². The summed E-state index contributed by atoms with van der Waals surface area (Å²) in [6, 6.07) is 12.6. The summed E-state index contributed by atoms with van der Waals surface area (Å²) in [6.07, 6.45) is 0. The molecule has 0 saturated heterocycles. The van der Waals surface area contributed by atoms with Gasteiger partial charge in [0.1, 0.15) is 11.5 Å². The third-order valence-electron chi connectivity index (χ3n) is 3.83. The van der Waals surface area contributed by atoms with Gasteiger partial charge in [0, 0.05) is 0 Å². The summed E-state index contributed by atoms with van der Waals surface area (Å²) in [7, 11) is 5.37. The molecule has 0 spiro atoms. The summed E-state index contributed by atoms with van der Waals surface area (Å²) >= 11 is 0. The fraction of sp³-hybridized carbons (Fsp3) is 0.333.